The van der Waals surface area contributed by atoms with E-state index in [0.717, 1.165) is 23.4 Å². The van der Waals surface area contributed by atoms with Gasteiger partial charge in [0, 0.05) is 29.5 Å². The monoisotopic (exact) mass is 268 g/mol. The van der Waals surface area contributed by atoms with Crippen LogP contribution in [0.3, 0.4) is 0 Å². The highest BCUT2D eigenvalue weighted by molar-refractivity contribution is 7.09. The minimum Gasteiger partial charge on any atom is -0.359 e. The molecule has 2 rings (SSSR count). The van der Waals surface area contributed by atoms with Crippen LogP contribution in [0, 0.1) is 5.92 Å². The summed E-state index contributed by atoms with van der Waals surface area (Å²) in [7, 11) is 4.32. The Morgan fingerprint density at radius 1 is 1.39 bits per heavy atom. The number of hydrogen-bond acceptors (Lipinski definition) is 5. The second-order valence-electron chi connectivity index (χ2n) is 6.42. The van der Waals surface area contributed by atoms with Crippen molar-refractivity contribution in [2.24, 2.45) is 5.92 Å². The molecule has 1 saturated carbocycles. The van der Waals surface area contributed by atoms with Crippen molar-refractivity contribution in [1.29, 1.82) is 0 Å². The maximum atomic E-state index is 4.57. The Hall–Kier alpha value is -0.680. The van der Waals surface area contributed by atoms with Gasteiger partial charge in [-0.3, -0.25) is 0 Å². The molecule has 1 atom stereocenters. The van der Waals surface area contributed by atoms with Crippen molar-refractivity contribution < 1.29 is 0 Å². The van der Waals surface area contributed by atoms with Crippen molar-refractivity contribution in [3.8, 4) is 0 Å². The predicted molar refractivity (Wildman–Crippen MR) is 77.3 cm³/mol. The molecule has 0 spiro atoms. The second kappa shape index (κ2) is 5.13. The van der Waals surface area contributed by atoms with Crippen LogP contribution in [-0.4, -0.2) is 40.9 Å². The molecule has 1 fully saturated rings. The van der Waals surface area contributed by atoms with Gasteiger partial charge in [-0.05, 0) is 32.9 Å². The maximum absolute atomic E-state index is 4.57. The summed E-state index contributed by atoms with van der Waals surface area (Å²) >= 11 is 1.47. The lowest BCUT2D eigenvalue weighted by atomic mass is 9.96. The van der Waals surface area contributed by atoms with Crippen LogP contribution in [0.5, 0.6) is 0 Å². The van der Waals surface area contributed by atoms with E-state index in [2.05, 4.69) is 54.4 Å². The second-order valence-corrected chi connectivity index (χ2v) is 7.17. The normalized spacial score (nSPS) is 18.1. The zero-order valence-corrected chi connectivity index (χ0v) is 12.8. The van der Waals surface area contributed by atoms with Crippen molar-refractivity contribution in [3.05, 3.63) is 5.82 Å². The van der Waals surface area contributed by atoms with Crippen LogP contribution in [0.1, 0.15) is 39.4 Å². The Kier molecular flexibility index (Phi) is 3.92. The molecule has 0 aliphatic heterocycles. The lowest BCUT2D eigenvalue weighted by molar-refractivity contribution is 0.276. The van der Waals surface area contributed by atoms with Crippen LogP contribution in [0.2, 0.25) is 0 Å². The Morgan fingerprint density at radius 2 is 2.06 bits per heavy atom. The number of nitrogens with one attached hydrogen (secondary N) is 1. The fourth-order valence-corrected chi connectivity index (χ4v) is 2.81. The van der Waals surface area contributed by atoms with E-state index in [1.807, 2.05) is 0 Å². The molecule has 0 aromatic carbocycles. The minimum atomic E-state index is 0.0356. The van der Waals surface area contributed by atoms with Gasteiger partial charge < -0.3 is 10.2 Å². The Balaban J connectivity index is 1.91. The van der Waals surface area contributed by atoms with Gasteiger partial charge >= 0.3 is 0 Å². The van der Waals surface area contributed by atoms with Gasteiger partial charge in [0.25, 0.3) is 0 Å². The molecule has 1 aromatic rings. The third-order valence-corrected chi connectivity index (χ3v) is 4.06. The molecule has 1 N–H and O–H groups in total. The van der Waals surface area contributed by atoms with E-state index in [1.54, 1.807) is 0 Å². The van der Waals surface area contributed by atoms with E-state index < -0.39 is 0 Å². The minimum absolute atomic E-state index is 0.0356. The van der Waals surface area contributed by atoms with Crippen LogP contribution in [0.15, 0.2) is 0 Å². The zero-order chi connectivity index (χ0) is 13.3. The van der Waals surface area contributed by atoms with Crippen LogP contribution in [0.4, 0.5) is 5.13 Å². The number of hydrogen-bond donors (Lipinski definition) is 1. The SMILES string of the molecule is CN(C)C(CNc1nc(C(C)(C)C)ns1)C1CC1. The molecule has 1 aliphatic carbocycles. The molecule has 1 aromatic heterocycles. The van der Waals surface area contributed by atoms with E-state index in [0.29, 0.717) is 6.04 Å². The zero-order valence-electron chi connectivity index (χ0n) is 12.0. The van der Waals surface area contributed by atoms with Crippen molar-refractivity contribution >= 4 is 16.7 Å². The molecule has 5 heteroatoms. The van der Waals surface area contributed by atoms with E-state index in [-0.39, 0.29) is 5.41 Å². The lowest BCUT2D eigenvalue weighted by Gasteiger charge is -2.24. The van der Waals surface area contributed by atoms with Gasteiger partial charge in [0.1, 0.15) is 5.82 Å². The first kappa shape index (κ1) is 13.7. The lowest BCUT2D eigenvalue weighted by Crippen LogP contribution is -2.36. The third-order valence-electron chi connectivity index (χ3n) is 3.39. The van der Waals surface area contributed by atoms with Gasteiger partial charge in [0.2, 0.25) is 5.13 Å². The fraction of sp³-hybridized carbons (Fsp3) is 0.846. The van der Waals surface area contributed by atoms with Gasteiger partial charge in [0.15, 0.2) is 0 Å². The fourth-order valence-electron chi connectivity index (χ4n) is 2.04. The van der Waals surface area contributed by atoms with Gasteiger partial charge in [-0.2, -0.15) is 4.37 Å². The van der Waals surface area contributed by atoms with E-state index in [9.17, 15) is 0 Å². The first-order chi connectivity index (χ1) is 8.38. The summed E-state index contributed by atoms with van der Waals surface area (Å²) in [6.07, 6.45) is 2.74. The first-order valence-electron chi connectivity index (χ1n) is 6.62. The van der Waals surface area contributed by atoms with Gasteiger partial charge in [-0.15, -0.1) is 0 Å². The number of rotatable bonds is 5. The van der Waals surface area contributed by atoms with Crippen LogP contribution >= 0.6 is 11.5 Å². The molecule has 0 radical (unpaired) electrons. The van der Waals surface area contributed by atoms with Crippen molar-refractivity contribution in [2.75, 3.05) is 26.0 Å². The molecule has 1 heterocycles. The summed E-state index contributed by atoms with van der Waals surface area (Å²) in [5.74, 6) is 1.80. The van der Waals surface area contributed by atoms with Crippen molar-refractivity contribution in [1.82, 2.24) is 14.3 Å². The number of aromatic nitrogens is 2. The van der Waals surface area contributed by atoms with Crippen LogP contribution < -0.4 is 5.32 Å². The highest BCUT2D eigenvalue weighted by Gasteiger charge is 2.32. The van der Waals surface area contributed by atoms with Gasteiger partial charge in [-0.1, -0.05) is 20.8 Å². The molecule has 1 unspecified atom stereocenters. The highest BCUT2D eigenvalue weighted by Crippen LogP contribution is 2.34. The molecule has 4 nitrogen and oxygen atoms in total. The van der Waals surface area contributed by atoms with E-state index >= 15 is 0 Å². The summed E-state index contributed by atoms with van der Waals surface area (Å²) in [6.45, 7) is 7.40. The Labute approximate surface area is 114 Å². The number of likely N-dealkylation sites (N-methyl/N-ethyl adjacent to an activating group) is 1. The van der Waals surface area contributed by atoms with Crippen LogP contribution in [-0.2, 0) is 5.41 Å². The molecule has 1 aliphatic rings. The number of nitrogens with zero attached hydrogens (tertiary/aromatic N) is 3. The van der Waals surface area contributed by atoms with E-state index in [4.69, 9.17) is 0 Å². The summed E-state index contributed by atoms with van der Waals surface area (Å²) in [5.41, 5.74) is 0.0356. The van der Waals surface area contributed by atoms with Crippen molar-refractivity contribution in [3.63, 3.8) is 0 Å². The maximum Gasteiger partial charge on any atom is 0.202 e. The number of anilines is 1. The Bertz CT molecular complexity index is 388. The molecule has 18 heavy (non-hydrogen) atoms. The molecular weight excluding hydrogens is 244 g/mol. The van der Waals surface area contributed by atoms with Gasteiger partial charge in [-0.25, -0.2) is 4.98 Å². The first-order valence-corrected chi connectivity index (χ1v) is 7.40. The Morgan fingerprint density at radius 3 is 2.50 bits per heavy atom. The van der Waals surface area contributed by atoms with Gasteiger partial charge in [0.05, 0.1) is 0 Å². The third kappa shape index (κ3) is 3.42. The quantitative estimate of drug-likeness (QED) is 0.891. The van der Waals surface area contributed by atoms with Crippen molar-refractivity contribution in [2.45, 2.75) is 45.1 Å². The largest absolute Gasteiger partial charge is 0.359 e. The summed E-state index contributed by atoms with van der Waals surface area (Å²) in [6, 6.07) is 0.618. The topological polar surface area (TPSA) is 41.0 Å². The molecule has 102 valence electrons. The average Bonchev–Trinajstić information content (AvgIpc) is 2.94. The summed E-state index contributed by atoms with van der Waals surface area (Å²) < 4.78 is 4.43. The standard InChI is InChI=1S/C13H24N4S/c1-13(2,3)11-15-12(18-16-11)14-8-10(17(4)5)9-6-7-9/h9-10H,6-8H2,1-5H3,(H,14,15,16). The molecule has 0 saturated heterocycles. The van der Waals surface area contributed by atoms with Crippen LogP contribution in [0.25, 0.3) is 0 Å². The van der Waals surface area contributed by atoms with E-state index in [1.165, 1.54) is 24.4 Å². The molecular formula is C13H24N4S. The smallest absolute Gasteiger partial charge is 0.202 e. The predicted octanol–water partition coefficient (Wildman–Crippen LogP) is 2.59. The summed E-state index contributed by atoms with van der Waals surface area (Å²) in [5, 5.41) is 4.39. The molecule has 0 amide bonds. The summed E-state index contributed by atoms with van der Waals surface area (Å²) in [4.78, 5) is 6.89. The molecule has 0 bridgehead atoms. The average molecular weight is 268 g/mol. The highest BCUT2D eigenvalue weighted by atomic mass is 32.1.